The van der Waals surface area contributed by atoms with Crippen LogP contribution in [0.5, 0.6) is 0 Å². The van der Waals surface area contributed by atoms with Crippen molar-refractivity contribution in [3.63, 3.8) is 0 Å². The van der Waals surface area contributed by atoms with Crippen LogP contribution in [0.15, 0.2) is 53.3 Å². The zero-order valence-electron chi connectivity index (χ0n) is 18.1. The van der Waals surface area contributed by atoms with E-state index in [0.717, 1.165) is 24.0 Å². The Hall–Kier alpha value is -2.99. The Morgan fingerprint density at radius 3 is 2.61 bits per heavy atom. The summed E-state index contributed by atoms with van der Waals surface area (Å²) in [5, 5.41) is 3.02. The van der Waals surface area contributed by atoms with Gasteiger partial charge >= 0.3 is 0 Å². The molecule has 4 rings (SSSR count). The van der Waals surface area contributed by atoms with Crippen molar-refractivity contribution in [2.24, 2.45) is 0 Å². The van der Waals surface area contributed by atoms with Gasteiger partial charge in [-0.3, -0.25) is 9.59 Å². The highest BCUT2D eigenvalue weighted by molar-refractivity contribution is 5.97. The minimum Gasteiger partial charge on any atom is -0.352 e. The second-order valence-electron chi connectivity index (χ2n) is 8.29. The molecule has 1 aliphatic rings. The summed E-state index contributed by atoms with van der Waals surface area (Å²) in [7, 11) is 0. The molecular weight excluding hydrogens is 388 g/mol. The van der Waals surface area contributed by atoms with E-state index in [2.05, 4.69) is 15.2 Å². The summed E-state index contributed by atoms with van der Waals surface area (Å²) in [6.07, 6.45) is 4.85. The van der Waals surface area contributed by atoms with Gasteiger partial charge in [0.1, 0.15) is 5.69 Å². The van der Waals surface area contributed by atoms with Gasteiger partial charge < -0.3 is 14.8 Å². The van der Waals surface area contributed by atoms with E-state index in [1.54, 1.807) is 23.6 Å². The lowest BCUT2D eigenvalue weighted by atomic mass is 10.1. The summed E-state index contributed by atoms with van der Waals surface area (Å²) < 4.78 is 1.73. The number of hydrogen-bond donors (Lipinski definition) is 1. The molecule has 0 unspecified atom stereocenters. The van der Waals surface area contributed by atoms with Crippen LogP contribution < -0.4 is 10.9 Å². The predicted octanol–water partition coefficient (Wildman–Crippen LogP) is 3.36. The van der Waals surface area contributed by atoms with Gasteiger partial charge in [0.05, 0.1) is 17.6 Å². The number of hydrogen-bond acceptors (Lipinski definition) is 4. The van der Waals surface area contributed by atoms with Crippen LogP contribution in [0.4, 0.5) is 0 Å². The van der Waals surface area contributed by atoms with E-state index >= 15 is 0 Å². The fourth-order valence-electron chi connectivity index (χ4n) is 4.23. The lowest BCUT2D eigenvalue weighted by molar-refractivity contribution is 0.0951. The standard InChI is InChI=1S/C25H30N4O2/c1-19-25(31)29(18-20-9-4-2-5-10-20)23-12-11-21(17-22(23)27-19)24(30)26-13-8-16-28-14-6-3-7-15-28/h2,4-5,9-12,17H,3,6-8,13-16,18H2,1H3,(H,26,30). The summed E-state index contributed by atoms with van der Waals surface area (Å²) in [5.74, 6) is -0.0965. The third-order valence-corrected chi connectivity index (χ3v) is 5.94. The molecule has 0 radical (unpaired) electrons. The number of fused-ring (bicyclic) bond motifs is 1. The van der Waals surface area contributed by atoms with Gasteiger partial charge in [-0.1, -0.05) is 36.8 Å². The van der Waals surface area contributed by atoms with E-state index in [9.17, 15) is 9.59 Å². The molecule has 1 amide bonds. The first kappa shape index (κ1) is 21.2. The Kier molecular flexibility index (Phi) is 6.77. The number of nitrogens with zero attached hydrogens (tertiary/aromatic N) is 3. The number of amides is 1. The van der Waals surface area contributed by atoms with E-state index < -0.39 is 0 Å². The van der Waals surface area contributed by atoms with Gasteiger partial charge in [0.25, 0.3) is 11.5 Å². The highest BCUT2D eigenvalue weighted by atomic mass is 16.1. The summed E-state index contributed by atoms with van der Waals surface area (Å²) in [6, 6.07) is 15.3. The van der Waals surface area contributed by atoms with Crippen molar-refractivity contribution < 1.29 is 4.79 Å². The van der Waals surface area contributed by atoms with Gasteiger partial charge in [-0.2, -0.15) is 0 Å². The van der Waals surface area contributed by atoms with Crippen molar-refractivity contribution in [1.82, 2.24) is 19.8 Å². The fraction of sp³-hybridized carbons (Fsp3) is 0.400. The van der Waals surface area contributed by atoms with Crippen LogP contribution in [0.2, 0.25) is 0 Å². The van der Waals surface area contributed by atoms with Gasteiger partial charge in [-0.15, -0.1) is 0 Å². The molecule has 6 nitrogen and oxygen atoms in total. The highest BCUT2D eigenvalue weighted by Crippen LogP contribution is 2.15. The molecule has 31 heavy (non-hydrogen) atoms. The normalized spacial score (nSPS) is 14.6. The Labute approximate surface area is 182 Å². The van der Waals surface area contributed by atoms with Gasteiger partial charge in [0, 0.05) is 12.1 Å². The molecule has 1 aromatic heterocycles. The summed E-state index contributed by atoms with van der Waals surface area (Å²) >= 11 is 0. The van der Waals surface area contributed by atoms with Gasteiger partial charge in [0.15, 0.2) is 0 Å². The molecule has 2 heterocycles. The largest absolute Gasteiger partial charge is 0.352 e. The van der Waals surface area contributed by atoms with E-state index in [4.69, 9.17) is 0 Å². The maximum atomic E-state index is 12.7. The molecule has 1 saturated heterocycles. The van der Waals surface area contributed by atoms with Crippen LogP contribution in [0.3, 0.4) is 0 Å². The number of rotatable bonds is 7. The summed E-state index contributed by atoms with van der Waals surface area (Å²) in [4.78, 5) is 32.3. The molecule has 1 aliphatic heterocycles. The molecule has 1 N–H and O–H groups in total. The molecular formula is C25H30N4O2. The van der Waals surface area contributed by atoms with Crippen LogP contribution in [0.1, 0.15) is 47.3 Å². The maximum absolute atomic E-state index is 12.7. The van der Waals surface area contributed by atoms with E-state index in [0.29, 0.717) is 29.9 Å². The van der Waals surface area contributed by atoms with Gasteiger partial charge in [0.2, 0.25) is 0 Å². The average molecular weight is 419 g/mol. The second kappa shape index (κ2) is 9.88. The SMILES string of the molecule is Cc1nc2cc(C(=O)NCCCN3CCCCC3)ccc2n(Cc2ccccc2)c1=O. The Morgan fingerprint density at radius 1 is 1.06 bits per heavy atom. The first-order chi connectivity index (χ1) is 15.1. The van der Waals surface area contributed by atoms with Crippen molar-refractivity contribution in [3.05, 3.63) is 75.7 Å². The van der Waals surface area contributed by atoms with Crippen LogP contribution in [0, 0.1) is 6.92 Å². The molecule has 0 saturated carbocycles. The van der Waals surface area contributed by atoms with E-state index in [-0.39, 0.29) is 11.5 Å². The van der Waals surface area contributed by atoms with Crippen molar-refractivity contribution in [2.45, 2.75) is 39.2 Å². The molecule has 162 valence electrons. The molecule has 1 fully saturated rings. The molecule has 2 aromatic carbocycles. The third-order valence-electron chi connectivity index (χ3n) is 5.94. The second-order valence-corrected chi connectivity index (χ2v) is 8.29. The number of benzene rings is 2. The number of aryl methyl sites for hydroxylation is 1. The van der Waals surface area contributed by atoms with E-state index in [1.165, 1.54) is 32.4 Å². The first-order valence-corrected chi connectivity index (χ1v) is 11.2. The zero-order valence-corrected chi connectivity index (χ0v) is 18.1. The number of carbonyl (C=O) groups is 1. The number of piperidine rings is 1. The van der Waals surface area contributed by atoms with Crippen molar-refractivity contribution in [2.75, 3.05) is 26.2 Å². The zero-order chi connectivity index (χ0) is 21.6. The summed E-state index contributed by atoms with van der Waals surface area (Å²) in [5.41, 5.74) is 3.35. The maximum Gasteiger partial charge on any atom is 0.272 e. The number of nitrogens with one attached hydrogen (secondary N) is 1. The van der Waals surface area contributed by atoms with E-state index in [1.807, 2.05) is 36.4 Å². The van der Waals surface area contributed by atoms with Gasteiger partial charge in [-0.05, 0) is 69.6 Å². The number of likely N-dealkylation sites (tertiary alicyclic amines) is 1. The lowest BCUT2D eigenvalue weighted by Crippen LogP contribution is -2.33. The topological polar surface area (TPSA) is 67.2 Å². The number of aromatic nitrogens is 2. The number of carbonyl (C=O) groups excluding carboxylic acids is 1. The Balaban J connectivity index is 1.46. The highest BCUT2D eigenvalue weighted by Gasteiger charge is 2.13. The van der Waals surface area contributed by atoms with Crippen molar-refractivity contribution in [3.8, 4) is 0 Å². The van der Waals surface area contributed by atoms with Crippen molar-refractivity contribution >= 4 is 16.9 Å². The molecule has 6 heteroatoms. The van der Waals surface area contributed by atoms with Crippen molar-refractivity contribution in [1.29, 1.82) is 0 Å². The predicted molar refractivity (Wildman–Crippen MR) is 124 cm³/mol. The summed E-state index contributed by atoms with van der Waals surface area (Å²) in [6.45, 7) is 6.23. The quantitative estimate of drug-likeness (QED) is 0.598. The minimum atomic E-state index is -0.105. The Bertz CT molecular complexity index is 1100. The minimum absolute atomic E-state index is 0.0965. The lowest BCUT2D eigenvalue weighted by Gasteiger charge is -2.26. The first-order valence-electron chi connectivity index (χ1n) is 11.2. The third kappa shape index (κ3) is 5.20. The van der Waals surface area contributed by atoms with Crippen LogP contribution in [-0.2, 0) is 6.54 Å². The van der Waals surface area contributed by atoms with Crippen LogP contribution >= 0.6 is 0 Å². The average Bonchev–Trinajstić information content (AvgIpc) is 2.80. The monoisotopic (exact) mass is 418 g/mol. The fourth-order valence-corrected chi connectivity index (χ4v) is 4.23. The molecule has 0 aliphatic carbocycles. The molecule has 0 atom stereocenters. The van der Waals surface area contributed by atoms with Crippen LogP contribution in [0.25, 0.3) is 11.0 Å². The smallest absolute Gasteiger partial charge is 0.272 e. The van der Waals surface area contributed by atoms with Gasteiger partial charge in [-0.25, -0.2) is 4.98 Å². The molecule has 0 spiro atoms. The molecule has 0 bridgehead atoms. The van der Waals surface area contributed by atoms with Crippen LogP contribution in [-0.4, -0.2) is 46.5 Å². The molecule has 3 aromatic rings. The Morgan fingerprint density at radius 2 is 1.84 bits per heavy atom.